The molecule has 0 radical (unpaired) electrons. The minimum absolute atomic E-state index is 0.125. The third-order valence-electron chi connectivity index (χ3n) is 5.50. The molecular weight excluding hydrogens is 524 g/mol. The van der Waals surface area contributed by atoms with Crippen LogP contribution in [0.4, 0.5) is 11.4 Å². The van der Waals surface area contributed by atoms with Crippen LogP contribution in [0, 0.1) is 10.1 Å². The first kappa shape index (κ1) is 24.8. The van der Waals surface area contributed by atoms with Gasteiger partial charge in [0.15, 0.2) is 0 Å². The fraction of sp³-hybridized carbons (Fsp3) is 0.0714. The monoisotopic (exact) mass is 544 g/mol. The molecule has 0 spiro atoms. The van der Waals surface area contributed by atoms with Gasteiger partial charge in [-0.25, -0.2) is 0 Å². The van der Waals surface area contributed by atoms with Gasteiger partial charge in [0.1, 0.15) is 5.92 Å². The largest absolute Gasteiger partial charge is 0.447 e. The number of non-ortho nitro benzene ring substituents is 1. The topological polar surface area (TPSA) is 98.5 Å². The Morgan fingerprint density at radius 2 is 1.28 bits per heavy atom. The maximum atomic E-state index is 13.6. The fourth-order valence-electron chi connectivity index (χ4n) is 3.76. The van der Waals surface area contributed by atoms with E-state index in [-0.39, 0.29) is 5.69 Å². The highest BCUT2D eigenvalue weighted by molar-refractivity contribution is 9.10. The molecule has 1 N–H and O–H groups in total. The standard InChI is InChI=1S/C28H21BrN2O5/c29-23-18-22(31(34)35)16-17-24(23)30-27(32)26(21-14-8-3-9-15-21)36-28(33)25(19-10-4-1-5-11-19)20-12-6-2-7-13-20/h1-18,25-26H,(H,30,32). The highest BCUT2D eigenvalue weighted by Crippen LogP contribution is 2.31. The quantitative estimate of drug-likeness (QED) is 0.157. The van der Waals surface area contributed by atoms with Gasteiger partial charge in [-0.05, 0) is 33.1 Å². The van der Waals surface area contributed by atoms with Gasteiger partial charge in [-0.3, -0.25) is 19.7 Å². The Hall–Kier alpha value is -4.30. The second kappa shape index (κ2) is 11.4. The number of carbonyl (C=O) groups excluding carboxylic acids is 2. The lowest BCUT2D eigenvalue weighted by Crippen LogP contribution is -2.28. The lowest BCUT2D eigenvalue weighted by atomic mass is 9.91. The number of hydrogen-bond acceptors (Lipinski definition) is 5. The maximum absolute atomic E-state index is 13.6. The molecule has 1 atom stereocenters. The number of nitro groups is 1. The molecule has 0 aliphatic heterocycles. The van der Waals surface area contributed by atoms with Gasteiger partial charge in [-0.1, -0.05) is 91.0 Å². The number of amides is 1. The molecule has 7 nitrogen and oxygen atoms in total. The van der Waals surface area contributed by atoms with Crippen LogP contribution >= 0.6 is 15.9 Å². The molecule has 1 amide bonds. The Morgan fingerprint density at radius 3 is 1.75 bits per heavy atom. The zero-order valence-electron chi connectivity index (χ0n) is 18.9. The summed E-state index contributed by atoms with van der Waals surface area (Å²) >= 11 is 3.26. The van der Waals surface area contributed by atoms with Crippen LogP contribution in [0.5, 0.6) is 0 Å². The number of esters is 1. The predicted molar refractivity (Wildman–Crippen MR) is 139 cm³/mol. The molecule has 0 aromatic heterocycles. The Kier molecular flexibility index (Phi) is 7.87. The van der Waals surface area contributed by atoms with E-state index in [1.807, 2.05) is 60.7 Å². The first-order valence-corrected chi connectivity index (χ1v) is 11.8. The van der Waals surface area contributed by atoms with Gasteiger partial charge in [-0.15, -0.1) is 0 Å². The van der Waals surface area contributed by atoms with Crippen molar-refractivity contribution in [1.29, 1.82) is 0 Å². The van der Waals surface area contributed by atoms with Gasteiger partial charge in [0.25, 0.3) is 11.6 Å². The van der Waals surface area contributed by atoms with Crippen LogP contribution in [0.3, 0.4) is 0 Å². The van der Waals surface area contributed by atoms with E-state index in [2.05, 4.69) is 21.2 Å². The molecule has 0 heterocycles. The molecule has 4 aromatic carbocycles. The Morgan fingerprint density at radius 1 is 0.778 bits per heavy atom. The summed E-state index contributed by atoms with van der Waals surface area (Å²) < 4.78 is 6.20. The number of carbonyl (C=O) groups is 2. The molecule has 180 valence electrons. The summed E-state index contributed by atoms with van der Waals surface area (Å²) in [6.45, 7) is 0. The molecule has 0 fully saturated rings. The zero-order chi connectivity index (χ0) is 25.5. The van der Waals surface area contributed by atoms with Crippen LogP contribution in [-0.2, 0) is 14.3 Å². The van der Waals surface area contributed by atoms with Gasteiger partial charge in [0.2, 0.25) is 6.10 Å². The van der Waals surface area contributed by atoms with E-state index in [1.54, 1.807) is 30.3 Å². The van der Waals surface area contributed by atoms with Crippen LogP contribution in [-0.4, -0.2) is 16.8 Å². The van der Waals surface area contributed by atoms with Crippen LogP contribution in [0.25, 0.3) is 0 Å². The summed E-state index contributed by atoms with van der Waals surface area (Å²) in [5, 5.41) is 13.8. The van der Waals surface area contributed by atoms with Crippen LogP contribution in [0.15, 0.2) is 114 Å². The number of anilines is 1. The van der Waals surface area contributed by atoms with Crippen molar-refractivity contribution in [3.05, 3.63) is 140 Å². The number of nitrogens with one attached hydrogen (secondary N) is 1. The number of rotatable bonds is 8. The predicted octanol–water partition coefficient (Wildman–Crippen LogP) is 6.41. The summed E-state index contributed by atoms with van der Waals surface area (Å²) in [4.78, 5) is 37.5. The van der Waals surface area contributed by atoms with Crippen molar-refractivity contribution in [1.82, 2.24) is 0 Å². The van der Waals surface area contributed by atoms with E-state index in [1.165, 1.54) is 18.2 Å². The second-order valence-corrected chi connectivity index (χ2v) is 8.75. The third kappa shape index (κ3) is 5.84. The van der Waals surface area contributed by atoms with Crippen molar-refractivity contribution in [3.63, 3.8) is 0 Å². The van der Waals surface area contributed by atoms with Gasteiger partial charge in [0.05, 0.1) is 10.6 Å². The summed E-state index contributed by atoms with van der Waals surface area (Å²) in [5.74, 6) is -1.92. The summed E-state index contributed by atoms with van der Waals surface area (Å²) in [7, 11) is 0. The number of nitro benzene ring substituents is 1. The molecule has 36 heavy (non-hydrogen) atoms. The summed E-state index contributed by atoms with van der Waals surface area (Å²) in [6, 6.07) is 31.1. The van der Waals surface area contributed by atoms with Gasteiger partial charge >= 0.3 is 5.97 Å². The van der Waals surface area contributed by atoms with Gasteiger partial charge < -0.3 is 10.1 Å². The third-order valence-corrected chi connectivity index (χ3v) is 6.15. The number of hydrogen-bond donors (Lipinski definition) is 1. The number of benzene rings is 4. The Bertz CT molecular complexity index is 1330. The lowest BCUT2D eigenvalue weighted by molar-refractivity contribution is -0.384. The lowest BCUT2D eigenvalue weighted by Gasteiger charge is -2.23. The normalized spacial score (nSPS) is 11.5. The number of halogens is 1. The Labute approximate surface area is 216 Å². The molecule has 1 unspecified atom stereocenters. The summed E-state index contributed by atoms with van der Waals surface area (Å²) in [5.41, 5.74) is 2.14. The minimum atomic E-state index is -1.25. The average Bonchev–Trinajstić information content (AvgIpc) is 2.90. The molecule has 0 bridgehead atoms. The number of ether oxygens (including phenoxy) is 1. The van der Waals surface area contributed by atoms with Crippen molar-refractivity contribution in [2.24, 2.45) is 0 Å². The zero-order valence-corrected chi connectivity index (χ0v) is 20.5. The van der Waals surface area contributed by atoms with Crippen molar-refractivity contribution in [3.8, 4) is 0 Å². The molecule has 0 saturated carbocycles. The van der Waals surface area contributed by atoms with E-state index in [0.29, 0.717) is 15.7 Å². The highest BCUT2D eigenvalue weighted by atomic mass is 79.9. The van der Waals surface area contributed by atoms with Gasteiger partial charge in [-0.2, -0.15) is 0 Å². The van der Waals surface area contributed by atoms with E-state index in [9.17, 15) is 19.7 Å². The molecule has 0 aliphatic rings. The van der Waals surface area contributed by atoms with Crippen molar-refractivity contribution in [2.45, 2.75) is 12.0 Å². The van der Waals surface area contributed by atoms with Gasteiger partial charge in [0, 0.05) is 22.2 Å². The molecule has 4 aromatic rings. The molecule has 0 aliphatic carbocycles. The maximum Gasteiger partial charge on any atom is 0.319 e. The SMILES string of the molecule is O=C(Nc1ccc([N+](=O)[O-])cc1Br)C(OC(=O)C(c1ccccc1)c1ccccc1)c1ccccc1. The highest BCUT2D eigenvalue weighted by Gasteiger charge is 2.31. The molecule has 4 rings (SSSR count). The van der Waals surface area contributed by atoms with E-state index < -0.39 is 28.8 Å². The minimum Gasteiger partial charge on any atom is -0.447 e. The first-order valence-electron chi connectivity index (χ1n) is 11.0. The second-order valence-electron chi connectivity index (χ2n) is 7.89. The molecule has 8 heteroatoms. The molecule has 0 saturated heterocycles. The molecular formula is C28H21BrN2O5. The van der Waals surface area contributed by atoms with E-state index >= 15 is 0 Å². The Balaban J connectivity index is 1.65. The van der Waals surface area contributed by atoms with Crippen molar-refractivity contribution in [2.75, 3.05) is 5.32 Å². The summed E-state index contributed by atoms with van der Waals surface area (Å²) in [6.07, 6.45) is -1.25. The average molecular weight is 545 g/mol. The van der Waals surface area contributed by atoms with E-state index in [4.69, 9.17) is 4.74 Å². The number of nitrogens with zero attached hydrogens (tertiary/aromatic N) is 1. The van der Waals surface area contributed by atoms with E-state index in [0.717, 1.165) is 11.1 Å². The van der Waals surface area contributed by atoms with Crippen molar-refractivity contribution < 1.29 is 19.2 Å². The van der Waals surface area contributed by atoms with Crippen LogP contribution in [0.2, 0.25) is 0 Å². The van der Waals surface area contributed by atoms with Crippen LogP contribution < -0.4 is 5.32 Å². The fourth-order valence-corrected chi connectivity index (χ4v) is 4.22. The van der Waals surface area contributed by atoms with Crippen molar-refractivity contribution >= 4 is 39.2 Å². The first-order chi connectivity index (χ1) is 17.4. The van der Waals surface area contributed by atoms with Crippen LogP contribution in [0.1, 0.15) is 28.7 Å². The smallest absolute Gasteiger partial charge is 0.319 e.